The molecule has 132 valence electrons. The van der Waals surface area contributed by atoms with Gasteiger partial charge in [-0.2, -0.15) is 0 Å². The SMILES string of the molecule is CCNC(=NCC(C)CO)N1CCC(CN(CC)CC)C1.I. The smallest absolute Gasteiger partial charge is 0.193 e. The minimum atomic E-state index is 0. The Labute approximate surface area is 153 Å². The first-order valence-corrected chi connectivity index (χ1v) is 8.50. The van der Waals surface area contributed by atoms with E-state index in [1.165, 1.54) is 13.0 Å². The largest absolute Gasteiger partial charge is 0.396 e. The van der Waals surface area contributed by atoms with Crippen molar-refractivity contribution >= 4 is 29.9 Å². The number of aliphatic hydroxyl groups is 1. The van der Waals surface area contributed by atoms with Crippen molar-refractivity contribution < 1.29 is 5.11 Å². The number of rotatable bonds is 8. The highest BCUT2D eigenvalue weighted by Crippen LogP contribution is 2.17. The second-order valence-corrected chi connectivity index (χ2v) is 6.07. The van der Waals surface area contributed by atoms with Crippen LogP contribution in [0.25, 0.3) is 0 Å². The Balaban J connectivity index is 0.00000441. The molecular weight excluding hydrogens is 391 g/mol. The minimum absolute atomic E-state index is 0. The molecule has 0 aromatic heterocycles. The molecule has 22 heavy (non-hydrogen) atoms. The molecule has 0 bridgehead atoms. The summed E-state index contributed by atoms with van der Waals surface area (Å²) in [5, 5.41) is 12.5. The fraction of sp³-hybridized carbons (Fsp3) is 0.938. The second-order valence-electron chi connectivity index (χ2n) is 6.07. The number of halogens is 1. The summed E-state index contributed by atoms with van der Waals surface area (Å²) >= 11 is 0. The van der Waals surface area contributed by atoms with Crippen LogP contribution < -0.4 is 5.32 Å². The van der Waals surface area contributed by atoms with E-state index in [0.717, 1.165) is 44.6 Å². The molecule has 2 atom stereocenters. The maximum absolute atomic E-state index is 9.13. The number of nitrogens with zero attached hydrogens (tertiary/aromatic N) is 3. The first-order chi connectivity index (χ1) is 10.1. The van der Waals surface area contributed by atoms with Gasteiger partial charge in [-0.25, -0.2) is 0 Å². The highest BCUT2D eigenvalue weighted by molar-refractivity contribution is 14.0. The molecule has 1 fully saturated rings. The maximum atomic E-state index is 9.13. The van der Waals surface area contributed by atoms with E-state index in [9.17, 15) is 0 Å². The molecule has 0 aromatic carbocycles. The van der Waals surface area contributed by atoms with Crippen molar-refractivity contribution in [3.63, 3.8) is 0 Å². The number of hydrogen-bond acceptors (Lipinski definition) is 3. The maximum Gasteiger partial charge on any atom is 0.193 e. The van der Waals surface area contributed by atoms with Gasteiger partial charge in [0.2, 0.25) is 0 Å². The Morgan fingerprint density at radius 1 is 1.36 bits per heavy atom. The first-order valence-electron chi connectivity index (χ1n) is 8.50. The van der Waals surface area contributed by atoms with Crippen LogP contribution in [0.4, 0.5) is 0 Å². The van der Waals surface area contributed by atoms with Gasteiger partial charge in [0.25, 0.3) is 0 Å². The van der Waals surface area contributed by atoms with E-state index in [2.05, 4.69) is 40.9 Å². The zero-order valence-electron chi connectivity index (χ0n) is 14.7. The van der Waals surface area contributed by atoms with Gasteiger partial charge in [0.15, 0.2) is 5.96 Å². The third-order valence-electron chi connectivity index (χ3n) is 4.20. The molecule has 0 saturated carbocycles. The standard InChI is InChI=1S/C16H34N4O.HI/c1-5-17-16(18-10-14(4)13-21)20-9-8-15(12-20)11-19(6-2)7-3;/h14-15,21H,5-13H2,1-4H3,(H,17,18);1H. The molecule has 0 radical (unpaired) electrons. The fourth-order valence-electron chi connectivity index (χ4n) is 2.75. The number of nitrogens with one attached hydrogen (secondary N) is 1. The summed E-state index contributed by atoms with van der Waals surface area (Å²) in [5.41, 5.74) is 0. The molecule has 1 rings (SSSR count). The Hall–Kier alpha value is -0.0800. The van der Waals surface area contributed by atoms with Crippen LogP contribution in [0.15, 0.2) is 4.99 Å². The normalized spacial score (nSPS) is 20.2. The van der Waals surface area contributed by atoms with E-state index in [-0.39, 0.29) is 36.5 Å². The van der Waals surface area contributed by atoms with Gasteiger partial charge in [-0.05, 0) is 38.3 Å². The quantitative estimate of drug-likeness (QED) is 0.354. The number of aliphatic imine (C=N–C) groups is 1. The van der Waals surface area contributed by atoms with Gasteiger partial charge in [-0.15, -0.1) is 24.0 Å². The highest BCUT2D eigenvalue weighted by atomic mass is 127. The van der Waals surface area contributed by atoms with Crippen LogP contribution in [0.3, 0.4) is 0 Å². The van der Waals surface area contributed by atoms with Crippen molar-refractivity contribution in [1.82, 2.24) is 15.1 Å². The molecule has 2 unspecified atom stereocenters. The Morgan fingerprint density at radius 2 is 2.05 bits per heavy atom. The molecule has 2 N–H and O–H groups in total. The Bertz CT molecular complexity index is 311. The van der Waals surface area contributed by atoms with Gasteiger partial charge in [-0.1, -0.05) is 20.8 Å². The lowest BCUT2D eigenvalue weighted by molar-refractivity contribution is 0.241. The highest BCUT2D eigenvalue weighted by Gasteiger charge is 2.25. The predicted octanol–water partition coefficient (Wildman–Crippen LogP) is 1.86. The van der Waals surface area contributed by atoms with Gasteiger partial charge in [0, 0.05) is 39.3 Å². The molecular formula is C16H35IN4O. The van der Waals surface area contributed by atoms with E-state index in [0.29, 0.717) is 6.54 Å². The molecule has 1 heterocycles. The Morgan fingerprint density at radius 3 is 2.59 bits per heavy atom. The average molecular weight is 426 g/mol. The summed E-state index contributed by atoms with van der Waals surface area (Å²) in [6.45, 7) is 16.0. The summed E-state index contributed by atoms with van der Waals surface area (Å²) in [5.74, 6) is 1.98. The molecule has 1 aliphatic rings. The van der Waals surface area contributed by atoms with E-state index >= 15 is 0 Å². The van der Waals surface area contributed by atoms with E-state index < -0.39 is 0 Å². The molecule has 5 nitrogen and oxygen atoms in total. The van der Waals surface area contributed by atoms with E-state index in [4.69, 9.17) is 5.11 Å². The lowest BCUT2D eigenvalue weighted by atomic mass is 10.1. The summed E-state index contributed by atoms with van der Waals surface area (Å²) < 4.78 is 0. The van der Waals surface area contributed by atoms with Gasteiger partial charge in [0.05, 0.1) is 0 Å². The van der Waals surface area contributed by atoms with Gasteiger partial charge >= 0.3 is 0 Å². The van der Waals surface area contributed by atoms with Crippen molar-refractivity contribution in [3.8, 4) is 0 Å². The zero-order chi connectivity index (χ0) is 15.7. The first kappa shape index (κ1) is 21.9. The van der Waals surface area contributed by atoms with Crippen LogP contribution in [-0.4, -0.2) is 73.3 Å². The van der Waals surface area contributed by atoms with Crippen LogP contribution in [0.5, 0.6) is 0 Å². The molecule has 1 saturated heterocycles. The minimum Gasteiger partial charge on any atom is -0.396 e. The third kappa shape index (κ3) is 7.46. The molecule has 1 aliphatic heterocycles. The average Bonchev–Trinajstić information content (AvgIpc) is 2.96. The molecule has 0 aromatic rings. The van der Waals surface area contributed by atoms with Crippen LogP contribution in [0.1, 0.15) is 34.1 Å². The van der Waals surface area contributed by atoms with E-state index in [1.54, 1.807) is 0 Å². The lowest BCUT2D eigenvalue weighted by Crippen LogP contribution is -2.41. The van der Waals surface area contributed by atoms with Crippen molar-refractivity contribution in [2.75, 3.05) is 52.4 Å². The van der Waals surface area contributed by atoms with Gasteiger partial charge in [0.1, 0.15) is 0 Å². The third-order valence-corrected chi connectivity index (χ3v) is 4.20. The van der Waals surface area contributed by atoms with Crippen molar-refractivity contribution in [1.29, 1.82) is 0 Å². The van der Waals surface area contributed by atoms with Crippen LogP contribution in [-0.2, 0) is 0 Å². The topological polar surface area (TPSA) is 51.1 Å². The molecule has 6 heteroatoms. The Kier molecular flexibility index (Phi) is 12.3. The molecule has 0 spiro atoms. The van der Waals surface area contributed by atoms with Crippen LogP contribution in [0, 0.1) is 11.8 Å². The van der Waals surface area contributed by atoms with Crippen LogP contribution >= 0.6 is 24.0 Å². The van der Waals surface area contributed by atoms with Gasteiger partial charge < -0.3 is 20.2 Å². The monoisotopic (exact) mass is 426 g/mol. The fourth-order valence-corrected chi connectivity index (χ4v) is 2.75. The summed E-state index contributed by atoms with van der Waals surface area (Å²) in [6, 6.07) is 0. The number of likely N-dealkylation sites (tertiary alicyclic amines) is 1. The summed E-state index contributed by atoms with van der Waals surface area (Å²) in [7, 11) is 0. The molecule has 0 amide bonds. The molecule has 0 aliphatic carbocycles. The van der Waals surface area contributed by atoms with Gasteiger partial charge in [-0.3, -0.25) is 4.99 Å². The second kappa shape index (κ2) is 12.4. The van der Waals surface area contributed by atoms with E-state index in [1.807, 2.05) is 6.92 Å². The summed E-state index contributed by atoms with van der Waals surface area (Å²) in [6.07, 6.45) is 1.25. The lowest BCUT2D eigenvalue weighted by Gasteiger charge is -2.24. The van der Waals surface area contributed by atoms with Crippen molar-refractivity contribution in [2.24, 2.45) is 16.8 Å². The summed E-state index contributed by atoms with van der Waals surface area (Å²) in [4.78, 5) is 9.56. The number of hydrogen-bond donors (Lipinski definition) is 2. The van der Waals surface area contributed by atoms with Crippen molar-refractivity contribution in [2.45, 2.75) is 34.1 Å². The van der Waals surface area contributed by atoms with Crippen LogP contribution in [0.2, 0.25) is 0 Å². The predicted molar refractivity (Wildman–Crippen MR) is 105 cm³/mol. The zero-order valence-corrected chi connectivity index (χ0v) is 17.0. The van der Waals surface area contributed by atoms with Crippen molar-refractivity contribution in [3.05, 3.63) is 0 Å². The number of aliphatic hydroxyl groups excluding tert-OH is 1. The number of guanidine groups is 1.